The van der Waals surface area contributed by atoms with Crippen molar-refractivity contribution in [2.45, 2.75) is 27.2 Å². The van der Waals surface area contributed by atoms with Crippen LogP contribution in [0.5, 0.6) is 0 Å². The van der Waals surface area contributed by atoms with Crippen LogP contribution in [0.4, 0.5) is 0 Å². The molecule has 1 atom stereocenters. The fraction of sp³-hybridized carbons (Fsp3) is 0.600. The van der Waals surface area contributed by atoms with Crippen molar-refractivity contribution in [2.24, 2.45) is 11.8 Å². The molecule has 10 heavy (non-hydrogen) atoms. The van der Waals surface area contributed by atoms with Crippen molar-refractivity contribution in [2.75, 3.05) is 0 Å². The Morgan fingerprint density at radius 1 is 1.40 bits per heavy atom. The zero-order valence-electron chi connectivity index (χ0n) is 7.30. The van der Waals surface area contributed by atoms with E-state index in [-0.39, 0.29) is 0 Å². The number of hydrogen-bond acceptors (Lipinski definition) is 0. The third-order valence-corrected chi connectivity index (χ3v) is 1.73. The second-order valence-electron chi connectivity index (χ2n) is 2.96. The van der Waals surface area contributed by atoms with E-state index in [4.69, 9.17) is 0 Å². The van der Waals surface area contributed by atoms with Gasteiger partial charge in [0.2, 0.25) is 0 Å². The van der Waals surface area contributed by atoms with Gasteiger partial charge < -0.3 is 0 Å². The Labute approximate surface area is 64.6 Å². The Balaban J connectivity index is 3.84. The van der Waals surface area contributed by atoms with E-state index >= 15 is 0 Å². The summed E-state index contributed by atoms with van der Waals surface area (Å²) >= 11 is 0. The fourth-order valence-electron chi connectivity index (χ4n) is 1.01. The van der Waals surface area contributed by atoms with Crippen molar-refractivity contribution in [1.29, 1.82) is 0 Å². The van der Waals surface area contributed by atoms with Gasteiger partial charge in [-0.3, -0.25) is 0 Å². The van der Waals surface area contributed by atoms with E-state index in [0.29, 0.717) is 5.92 Å². The maximum atomic E-state index is 3.73. The van der Waals surface area contributed by atoms with Gasteiger partial charge in [0.15, 0.2) is 0 Å². The fourth-order valence-corrected chi connectivity index (χ4v) is 1.01. The molecular weight excluding hydrogens is 120 g/mol. The third-order valence-electron chi connectivity index (χ3n) is 1.73. The lowest BCUT2D eigenvalue weighted by atomic mass is 9.92. The Bertz CT molecular complexity index is 109. The van der Waals surface area contributed by atoms with E-state index in [2.05, 4.69) is 39.5 Å². The molecule has 0 rings (SSSR count). The maximum absolute atomic E-state index is 3.73. The average Bonchev–Trinajstić information content (AvgIpc) is 1.87. The summed E-state index contributed by atoms with van der Waals surface area (Å²) in [4.78, 5) is 0. The summed E-state index contributed by atoms with van der Waals surface area (Å²) in [5, 5.41) is 0. The topological polar surface area (TPSA) is 0 Å². The molecule has 0 aromatic carbocycles. The number of allylic oxidation sites excluding steroid dienone is 3. The molecule has 0 unspecified atom stereocenters. The summed E-state index contributed by atoms with van der Waals surface area (Å²) in [5.41, 5.74) is 0. The van der Waals surface area contributed by atoms with Crippen LogP contribution in [-0.2, 0) is 0 Å². The van der Waals surface area contributed by atoms with Gasteiger partial charge in [-0.05, 0) is 25.2 Å². The van der Waals surface area contributed by atoms with Gasteiger partial charge in [0.1, 0.15) is 0 Å². The van der Waals surface area contributed by atoms with Gasteiger partial charge in [-0.1, -0.05) is 32.1 Å². The molecule has 0 spiro atoms. The van der Waals surface area contributed by atoms with Crippen LogP contribution in [0.2, 0.25) is 0 Å². The number of hydrogen-bond donors (Lipinski definition) is 0. The predicted molar refractivity (Wildman–Crippen MR) is 48.0 cm³/mol. The highest BCUT2D eigenvalue weighted by molar-refractivity contribution is 4.90. The summed E-state index contributed by atoms with van der Waals surface area (Å²) in [6.45, 7) is 10.3. The normalized spacial score (nSPS) is 14.4. The molecule has 58 valence electrons. The molecule has 0 aliphatic rings. The minimum Gasteiger partial charge on any atom is -0.103 e. The molecule has 0 N–H and O–H groups in total. The van der Waals surface area contributed by atoms with Gasteiger partial charge in [-0.2, -0.15) is 0 Å². The first-order valence-electron chi connectivity index (χ1n) is 3.96. The molecule has 0 heterocycles. The average molecular weight is 138 g/mol. The van der Waals surface area contributed by atoms with E-state index in [1.807, 2.05) is 6.08 Å². The van der Waals surface area contributed by atoms with Crippen molar-refractivity contribution in [3.63, 3.8) is 0 Å². The van der Waals surface area contributed by atoms with Crippen LogP contribution < -0.4 is 0 Å². The molecule has 0 radical (unpaired) electrons. The second-order valence-corrected chi connectivity index (χ2v) is 2.96. The molecule has 0 aliphatic carbocycles. The molecule has 0 aliphatic heterocycles. The quantitative estimate of drug-likeness (QED) is 0.522. The van der Waals surface area contributed by atoms with Crippen LogP contribution >= 0.6 is 0 Å². The van der Waals surface area contributed by atoms with Gasteiger partial charge in [0.05, 0.1) is 0 Å². The molecule has 0 heteroatoms. The van der Waals surface area contributed by atoms with Crippen molar-refractivity contribution in [1.82, 2.24) is 0 Å². The lowest BCUT2D eigenvalue weighted by Gasteiger charge is -2.13. The van der Waals surface area contributed by atoms with Gasteiger partial charge in [-0.15, -0.1) is 6.58 Å². The summed E-state index contributed by atoms with van der Waals surface area (Å²) in [6.07, 6.45) is 7.47. The van der Waals surface area contributed by atoms with Gasteiger partial charge in [0, 0.05) is 0 Å². The van der Waals surface area contributed by atoms with E-state index in [1.165, 1.54) is 0 Å². The summed E-state index contributed by atoms with van der Waals surface area (Å²) in [6, 6.07) is 0. The summed E-state index contributed by atoms with van der Waals surface area (Å²) in [7, 11) is 0. The standard InChI is InChI=1S/C10H18/c1-5-7-10(8-6-2)9(3)4/h5-6,8-10H,1,7H2,2-4H3/b8-6+/t10-/m0/s1. The van der Waals surface area contributed by atoms with E-state index in [9.17, 15) is 0 Å². The largest absolute Gasteiger partial charge is 0.103 e. The van der Waals surface area contributed by atoms with Crippen LogP contribution in [0.15, 0.2) is 24.8 Å². The maximum Gasteiger partial charge on any atom is -0.0176 e. The summed E-state index contributed by atoms with van der Waals surface area (Å²) in [5.74, 6) is 1.41. The van der Waals surface area contributed by atoms with Gasteiger partial charge >= 0.3 is 0 Å². The first-order chi connectivity index (χ1) is 4.72. The SMILES string of the molecule is C=CC[C@@H](/C=C/C)C(C)C. The van der Waals surface area contributed by atoms with Gasteiger partial charge in [0.25, 0.3) is 0 Å². The third kappa shape index (κ3) is 3.49. The summed E-state index contributed by atoms with van der Waals surface area (Å²) < 4.78 is 0. The minimum atomic E-state index is 0.683. The van der Waals surface area contributed by atoms with E-state index in [0.717, 1.165) is 12.3 Å². The molecule has 0 aromatic heterocycles. The molecule has 0 fully saturated rings. The lowest BCUT2D eigenvalue weighted by molar-refractivity contribution is 0.470. The molecule has 0 saturated heterocycles. The Morgan fingerprint density at radius 3 is 2.30 bits per heavy atom. The predicted octanol–water partition coefficient (Wildman–Crippen LogP) is 3.41. The Kier molecular flexibility index (Phi) is 5.00. The highest BCUT2D eigenvalue weighted by Crippen LogP contribution is 2.16. The molecular formula is C10H18. The molecule has 0 nitrogen and oxygen atoms in total. The van der Waals surface area contributed by atoms with Crippen molar-refractivity contribution >= 4 is 0 Å². The first kappa shape index (κ1) is 9.48. The Morgan fingerprint density at radius 2 is 2.00 bits per heavy atom. The molecule has 0 amide bonds. The van der Waals surface area contributed by atoms with Crippen LogP contribution in [0, 0.1) is 11.8 Å². The Hall–Kier alpha value is -0.520. The van der Waals surface area contributed by atoms with E-state index in [1.54, 1.807) is 0 Å². The van der Waals surface area contributed by atoms with Crippen molar-refractivity contribution < 1.29 is 0 Å². The zero-order valence-corrected chi connectivity index (χ0v) is 7.30. The van der Waals surface area contributed by atoms with Crippen LogP contribution in [0.25, 0.3) is 0 Å². The van der Waals surface area contributed by atoms with Gasteiger partial charge in [-0.25, -0.2) is 0 Å². The monoisotopic (exact) mass is 138 g/mol. The highest BCUT2D eigenvalue weighted by atomic mass is 14.1. The molecule has 0 aromatic rings. The van der Waals surface area contributed by atoms with Crippen LogP contribution in [0.1, 0.15) is 27.2 Å². The first-order valence-corrected chi connectivity index (χ1v) is 3.96. The molecule has 0 saturated carbocycles. The van der Waals surface area contributed by atoms with E-state index < -0.39 is 0 Å². The smallest absolute Gasteiger partial charge is 0.0176 e. The zero-order chi connectivity index (χ0) is 7.98. The second kappa shape index (κ2) is 5.28. The lowest BCUT2D eigenvalue weighted by Crippen LogP contribution is -2.03. The highest BCUT2D eigenvalue weighted by Gasteiger charge is 2.05. The van der Waals surface area contributed by atoms with Crippen molar-refractivity contribution in [3.8, 4) is 0 Å². The minimum absolute atomic E-state index is 0.683. The van der Waals surface area contributed by atoms with Crippen LogP contribution in [-0.4, -0.2) is 0 Å². The molecule has 0 bridgehead atoms. The van der Waals surface area contributed by atoms with Crippen LogP contribution in [0.3, 0.4) is 0 Å². The van der Waals surface area contributed by atoms with Crippen molar-refractivity contribution in [3.05, 3.63) is 24.8 Å². The number of rotatable bonds is 4.